The van der Waals surface area contributed by atoms with Crippen molar-refractivity contribution in [3.63, 3.8) is 0 Å². The molecule has 0 fully saturated rings. The molecule has 0 bridgehead atoms. The van der Waals surface area contributed by atoms with E-state index in [9.17, 15) is 0 Å². The van der Waals surface area contributed by atoms with Crippen LogP contribution in [0, 0.1) is 6.92 Å². The number of aryl methyl sites for hydroxylation is 1. The summed E-state index contributed by atoms with van der Waals surface area (Å²) in [6, 6.07) is 0. The van der Waals surface area contributed by atoms with Crippen LogP contribution in [0.3, 0.4) is 0 Å². The van der Waals surface area contributed by atoms with Crippen LogP contribution < -0.4 is 0 Å². The molecule has 0 aliphatic carbocycles. The van der Waals surface area contributed by atoms with Gasteiger partial charge in [0.1, 0.15) is 5.82 Å². The molecule has 2 heteroatoms. The molecule has 0 aliphatic rings. The van der Waals surface area contributed by atoms with Crippen molar-refractivity contribution in [1.82, 2.24) is 9.97 Å². The molecule has 0 amide bonds. The second kappa shape index (κ2) is 6.54. The van der Waals surface area contributed by atoms with E-state index in [2.05, 4.69) is 23.8 Å². The van der Waals surface area contributed by atoms with Gasteiger partial charge in [0.2, 0.25) is 0 Å². The van der Waals surface area contributed by atoms with E-state index in [1.165, 1.54) is 25.7 Å². The molecule has 1 unspecified atom stereocenters. The van der Waals surface area contributed by atoms with E-state index in [0.29, 0.717) is 5.92 Å². The summed E-state index contributed by atoms with van der Waals surface area (Å²) in [6.07, 6.45) is 10.1. The predicted molar refractivity (Wildman–Crippen MR) is 63.9 cm³/mol. The fourth-order valence-corrected chi connectivity index (χ4v) is 1.77. The van der Waals surface area contributed by atoms with Crippen molar-refractivity contribution in [3.8, 4) is 0 Å². The zero-order chi connectivity index (χ0) is 11.1. The van der Waals surface area contributed by atoms with E-state index < -0.39 is 0 Å². The average molecular weight is 206 g/mol. The van der Waals surface area contributed by atoms with Crippen molar-refractivity contribution < 1.29 is 0 Å². The van der Waals surface area contributed by atoms with Gasteiger partial charge in [-0.1, -0.05) is 33.1 Å². The van der Waals surface area contributed by atoms with Crippen LogP contribution in [0.1, 0.15) is 63.3 Å². The zero-order valence-electron chi connectivity index (χ0n) is 10.2. The maximum atomic E-state index is 4.42. The third kappa shape index (κ3) is 3.98. The predicted octanol–water partition coefficient (Wildman–Crippen LogP) is 3.86. The maximum absolute atomic E-state index is 4.42. The summed E-state index contributed by atoms with van der Waals surface area (Å²) in [4.78, 5) is 8.83. The lowest BCUT2D eigenvalue weighted by atomic mass is 9.98. The summed E-state index contributed by atoms with van der Waals surface area (Å²) >= 11 is 0. The molecular formula is C13H22N2. The first-order valence-corrected chi connectivity index (χ1v) is 6.06. The first-order valence-electron chi connectivity index (χ1n) is 6.06. The highest BCUT2D eigenvalue weighted by atomic mass is 14.9. The molecule has 1 aromatic rings. The van der Waals surface area contributed by atoms with Gasteiger partial charge < -0.3 is 0 Å². The lowest BCUT2D eigenvalue weighted by Crippen LogP contribution is -2.03. The Labute approximate surface area is 93.2 Å². The Hall–Kier alpha value is -0.920. The fraction of sp³-hybridized carbons (Fsp3) is 0.692. The Morgan fingerprint density at radius 2 is 1.80 bits per heavy atom. The standard InChI is InChI=1S/C13H22N2/c1-4-6-7-8-12(5-2)13-14-9-11(3)10-15-13/h9-10,12H,4-8H2,1-3H3. The van der Waals surface area contributed by atoms with Gasteiger partial charge in [0.15, 0.2) is 0 Å². The second-order valence-corrected chi connectivity index (χ2v) is 4.22. The largest absolute Gasteiger partial charge is 0.241 e. The third-order valence-corrected chi connectivity index (χ3v) is 2.81. The molecule has 1 atom stereocenters. The molecule has 0 aliphatic heterocycles. The highest BCUT2D eigenvalue weighted by Crippen LogP contribution is 2.22. The van der Waals surface area contributed by atoms with Crippen molar-refractivity contribution in [2.45, 2.75) is 58.8 Å². The van der Waals surface area contributed by atoms with Gasteiger partial charge in [0.25, 0.3) is 0 Å². The molecule has 0 saturated carbocycles. The van der Waals surface area contributed by atoms with Gasteiger partial charge in [0.05, 0.1) is 0 Å². The number of hydrogen-bond donors (Lipinski definition) is 0. The van der Waals surface area contributed by atoms with Gasteiger partial charge in [0, 0.05) is 18.3 Å². The molecular weight excluding hydrogens is 184 g/mol. The summed E-state index contributed by atoms with van der Waals surface area (Å²) in [5, 5.41) is 0. The van der Waals surface area contributed by atoms with Crippen molar-refractivity contribution in [1.29, 1.82) is 0 Å². The topological polar surface area (TPSA) is 25.8 Å². The number of rotatable bonds is 6. The van der Waals surface area contributed by atoms with Crippen LogP contribution in [0.2, 0.25) is 0 Å². The monoisotopic (exact) mass is 206 g/mol. The van der Waals surface area contributed by atoms with E-state index in [-0.39, 0.29) is 0 Å². The summed E-state index contributed by atoms with van der Waals surface area (Å²) in [7, 11) is 0. The highest BCUT2D eigenvalue weighted by Gasteiger charge is 2.11. The Morgan fingerprint density at radius 1 is 1.13 bits per heavy atom. The minimum absolute atomic E-state index is 0.553. The van der Waals surface area contributed by atoms with Gasteiger partial charge in [-0.15, -0.1) is 0 Å². The Kier molecular flexibility index (Phi) is 5.30. The van der Waals surface area contributed by atoms with Crippen LogP contribution in [0.15, 0.2) is 12.4 Å². The summed E-state index contributed by atoms with van der Waals surface area (Å²) in [5.41, 5.74) is 1.14. The van der Waals surface area contributed by atoms with Crippen molar-refractivity contribution in [2.24, 2.45) is 0 Å². The van der Waals surface area contributed by atoms with Crippen LogP contribution in [0.4, 0.5) is 0 Å². The molecule has 0 N–H and O–H groups in total. The van der Waals surface area contributed by atoms with Crippen LogP contribution in [-0.4, -0.2) is 9.97 Å². The summed E-state index contributed by atoms with van der Waals surface area (Å²) in [6.45, 7) is 6.49. The normalized spacial score (nSPS) is 12.7. The van der Waals surface area contributed by atoms with Crippen LogP contribution in [0.5, 0.6) is 0 Å². The first kappa shape index (κ1) is 12.2. The zero-order valence-corrected chi connectivity index (χ0v) is 10.2. The minimum Gasteiger partial charge on any atom is -0.241 e. The van der Waals surface area contributed by atoms with Crippen molar-refractivity contribution in [2.75, 3.05) is 0 Å². The van der Waals surface area contributed by atoms with Gasteiger partial charge in [-0.05, 0) is 25.3 Å². The molecule has 2 nitrogen and oxygen atoms in total. The maximum Gasteiger partial charge on any atom is 0.131 e. The lowest BCUT2D eigenvalue weighted by molar-refractivity contribution is 0.530. The highest BCUT2D eigenvalue weighted by molar-refractivity contribution is 5.04. The number of unbranched alkanes of at least 4 members (excludes halogenated alkanes) is 2. The van der Waals surface area contributed by atoms with Gasteiger partial charge in [-0.2, -0.15) is 0 Å². The SMILES string of the molecule is CCCCCC(CC)c1ncc(C)cn1. The van der Waals surface area contributed by atoms with Gasteiger partial charge >= 0.3 is 0 Å². The van der Waals surface area contributed by atoms with Crippen LogP contribution in [0.25, 0.3) is 0 Å². The third-order valence-electron chi connectivity index (χ3n) is 2.81. The summed E-state index contributed by atoms with van der Waals surface area (Å²) in [5.74, 6) is 1.58. The average Bonchev–Trinajstić information content (AvgIpc) is 2.26. The lowest BCUT2D eigenvalue weighted by Gasteiger charge is -2.12. The van der Waals surface area contributed by atoms with E-state index in [4.69, 9.17) is 0 Å². The number of nitrogens with zero attached hydrogens (tertiary/aromatic N) is 2. The Morgan fingerprint density at radius 3 is 2.33 bits per heavy atom. The van der Waals surface area contributed by atoms with Crippen LogP contribution >= 0.6 is 0 Å². The molecule has 1 heterocycles. The molecule has 0 saturated heterocycles. The van der Waals surface area contributed by atoms with E-state index in [1.54, 1.807) is 0 Å². The molecule has 0 radical (unpaired) electrons. The molecule has 1 aromatic heterocycles. The van der Waals surface area contributed by atoms with E-state index >= 15 is 0 Å². The Balaban J connectivity index is 2.53. The molecule has 0 aromatic carbocycles. The second-order valence-electron chi connectivity index (χ2n) is 4.22. The van der Waals surface area contributed by atoms with Crippen LogP contribution in [-0.2, 0) is 0 Å². The fourth-order valence-electron chi connectivity index (χ4n) is 1.77. The van der Waals surface area contributed by atoms with Gasteiger partial charge in [-0.3, -0.25) is 0 Å². The molecule has 0 spiro atoms. The smallest absolute Gasteiger partial charge is 0.131 e. The number of hydrogen-bond acceptors (Lipinski definition) is 2. The minimum atomic E-state index is 0.553. The molecule has 84 valence electrons. The van der Waals surface area contributed by atoms with Crippen molar-refractivity contribution >= 4 is 0 Å². The van der Waals surface area contributed by atoms with Gasteiger partial charge in [-0.25, -0.2) is 9.97 Å². The molecule has 1 rings (SSSR count). The summed E-state index contributed by atoms with van der Waals surface area (Å²) < 4.78 is 0. The first-order chi connectivity index (χ1) is 7.27. The number of aromatic nitrogens is 2. The van der Waals surface area contributed by atoms with E-state index in [0.717, 1.165) is 17.8 Å². The Bertz CT molecular complexity index is 266. The van der Waals surface area contributed by atoms with Crippen molar-refractivity contribution in [3.05, 3.63) is 23.8 Å². The van der Waals surface area contributed by atoms with E-state index in [1.807, 2.05) is 19.3 Å². The molecule has 15 heavy (non-hydrogen) atoms. The quantitative estimate of drug-likeness (QED) is 0.660.